The average Bonchev–Trinajstić information content (AvgIpc) is 2.47. The Morgan fingerprint density at radius 2 is 1.90 bits per heavy atom. The second-order valence-corrected chi connectivity index (χ2v) is 6.70. The van der Waals surface area contributed by atoms with E-state index < -0.39 is 0 Å². The molecule has 3 nitrogen and oxygen atoms in total. The number of anilines is 2. The Kier molecular flexibility index (Phi) is 5.70. The van der Waals surface area contributed by atoms with Crippen molar-refractivity contribution in [3.8, 4) is 0 Å². The van der Waals surface area contributed by atoms with E-state index in [1.165, 1.54) is 11.8 Å². The summed E-state index contributed by atoms with van der Waals surface area (Å²) in [5, 5.41) is 2.92. The van der Waals surface area contributed by atoms with E-state index in [0.29, 0.717) is 5.75 Å². The second kappa shape index (κ2) is 7.52. The highest BCUT2D eigenvalue weighted by atomic mass is 79.9. The molecule has 0 aliphatic carbocycles. The maximum atomic E-state index is 12.0. The van der Waals surface area contributed by atoms with Gasteiger partial charge in [-0.25, -0.2) is 0 Å². The molecule has 0 spiro atoms. The monoisotopic (exact) mass is 364 g/mol. The number of amides is 1. The van der Waals surface area contributed by atoms with Crippen LogP contribution in [0, 0.1) is 0 Å². The van der Waals surface area contributed by atoms with Crippen molar-refractivity contribution in [1.29, 1.82) is 0 Å². The van der Waals surface area contributed by atoms with Crippen molar-refractivity contribution in [3.63, 3.8) is 0 Å². The lowest BCUT2D eigenvalue weighted by atomic mass is 10.2. The Morgan fingerprint density at radius 3 is 2.57 bits per heavy atom. The molecule has 1 N–H and O–H groups in total. The fourth-order valence-electron chi connectivity index (χ4n) is 1.74. The zero-order chi connectivity index (χ0) is 15.2. The van der Waals surface area contributed by atoms with Crippen LogP contribution in [-0.4, -0.2) is 25.8 Å². The highest BCUT2D eigenvalue weighted by molar-refractivity contribution is 9.10. The van der Waals surface area contributed by atoms with E-state index >= 15 is 0 Å². The van der Waals surface area contributed by atoms with E-state index in [1.807, 2.05) is 67.5 Å². The fourth-order valence-corrected chi connectivity index (χ4v) is 2.70. The van der Waals surface area contributed by atoms with Crippen LogP contribution in [0.3, 0.4) is 0 Å². The van der Waals surface area contributed by atoms with Crippen molar-refractivity contribution in [2.45, 2.75) is 4.90 Å². The summed E-state index contributed by atoms with van der Waals surface area (Å²) in [6.45, 7) is 0. The van der Waals surface area contributed by atoms with Crippen LogP contribution in [-0.2, 0) is 4.79 Å². The van der Waals surface area contributed by atoms with Crippen LogP contribution in [0.15, 0.2) is 57.9 Å². The van der Waals surface area contributed by atoms with E-state index in [-0.39, 0.29) is 5.91 Å². The van der Waals surface area contributed by atoms with Gasteiger partial charge in [0.1, 0.15) is 0 Å². The lowest BCUT2D eigenvalue weighted by molar-refractivity contribution is -0.113. The van der Waals surface area contributed by atoms with E-state index in [0.717, 1.165) is 20.7 Å². The number of hydrogen-bond acceptors (Lipinski definition) is 3. The zero-order valence-electron chi connectivity index (χ0n) is 12.0. The lowest BCUT2D eigenvalue weighted by Crippen LogP contribution is -2.15. The van der Waals surface area contributed by atoms with Gasteiger partial charge in [0.05, 0.1) is 5.75 Å². The van der Waals surface area contributed by atoms with Gasteiger partial charge in [-0.1, -0.05) is 22.0 Å². The molecule has 0 bridgehead atoms. The van der Waals surface area contributed by atoms with Crippen LogP contribution < -0.4 is 10.2 Å². The maximum Gasteiger partial charge on any atom is 0.234 e. The SMILES string of the molecule is CN(C)c1cccc(NC(=O)CSc2ccc(Br)cc2)c1. The van der Waals surface area contributed by atoms with Crippen molar-refractivity contribution >= 4 is 45.0 Å². The van der Waals surface area contributed by atoms with Gasteiger partial charge in [-0.3, -0.25) is 4.79 Å². The minimum Gasteiger partial charge on any atom is -0.378 e. The Morgan fingerprint density at radius 1 is 1.19 bits per heavy atom. The van der Waals surface area contributed by atoms with Crippen LogP contribution in [0.5, 0.6) is 0 Å². The molecule has 0 aliphatic rings. The first-order chi connectivity index (χ1) is 10.0. The van der Waals surface area contributed by atoms with Gasteiger partial charge in [-0.15, -0.1) is 11.8 Å². The van der Waals surface area contributed by atoms with Crippen molar-refractivity contribution in [2.75, 3.05) is 30.1 Å². The number of halogens is 1. The summed E-state index contributed by atoms with van der Waals surface area (Å²) in [5.74, 6) is 0.396. The molecular formula is C16H17BrN2OS. The number of nitrogens with zero attached hydrogens (tertiary/aromatic N) is 1. The third-order valence-corrected chi connectivity index (χ3v) is 4.37. The smallest absolute Gasteiger partial charge is 0.234 e. The van der Waals surface area contributed by atoms with Crippen molar-refractivity contribution in [2.24, 2.45) is 0 Å². The molecule has 0 atom stereocenters. The Labute approximate surface area is 137 Å². The molecule has 1 amide bonds. The third-order valence-electron chi connectivity index (χ3n) is 2.83. The number of rotatable bonds is 5. The topological polar surface area (TPSA) is 32.3 Å². The van der Waals surface area contributed by atoms with Crippen molar-refractivity contribution in [3.05, 3.63) is 53.0 Å². The van der Waals surface area contributed by atoms with Gasteiger partial charge in [0, 0.05) is 34.8 Å². The van der Waals surface area contributed by atoms with Gasteiger partial charge in [0.25, 0.3) is 0 Å². The molecule has 2 rings (SSSR count). The van der Waals surface area contributed by atoms with Gasteiger partial charge in [-0.05, 0) is 42.5 Å². The molecule has 2 aromatic rings. The van der Waals surface area contributed by atoms with Crippen LogP contribution in [0.25, 0.3) is 0 Å². The van der Waals surface area contributed by atoms with Crippen LogP contribution >= 0.6 is 27.7 Å². The van der Waals surface area contributed by atoms with Gasteiger partial charge >= 0.3 is 0 Å². The summed E-state index contributed by atoms with van der Waals surface area (Å²) in [6.07, 6.45) is 0. The number of thioether (sulfide) groups is 1. The summed E-state index contributed by atoms with van der Waals surface area (Å²) in [7, 11) is 3.95. The van der Waals surface area contributed by atoms with E-state index in [9.17, 15) is 4.79 Å². The summed E-state index contributed by atoms with van der Waals surface area (Å²) in [5.41, 5.74) is 1.89. The van der Waals surface area contributed by atoms with Crippen LogP contribution in [0.4, 0.5) is 11.4 Å². The molecule has 5 heteroatoms. The van der Waals surface area contributed by atoms with Crippen LogP contribution in [0.1, 0.15) is 0 Å². The first-order valence-electron chi connectivity index (χ1n) is 6.50. The number of nitrogens with one attached hydrogen (secondary N) is 1. The molecule has 0 fully saturated rings. The van der Waals surface area contributed by atoms with E-state index in [1.54, 1.807) is 0 Å². The van der Waals surface area contributed by atoms with Crippen molar-refractivity contribution < 1.29 is 4.79 Å². The predicted octanol–water partition coefficient (Wildman–Crippen LogP) is 4.25. The second-order valence-electron chi connectivity index (χ2n) is 4.74. The highest BCUT2D eigenvalue weighted by Gasteiger charge is 2.05. The molecule has 0 saturated carbocycles. The van der Waals surface area contributed by atoms with Gasteiger partial charge in [0.15, 0.2) is 0 Å². The fraction of sp³-hybridized carbons (Fsp3) is 0.188. The molecule has 0 radical (unpaired) electrons. The number of carbonyl (C=O) groups excluding carboxylic acids is 1. The van der Waals surface area contributed by atoms with Gasteiger partial charge in [0.2, 0.25) is 5.91 Å². The Balaban J connectivity index is 1.89. The first-order valence-corrected chi connectivity index (χ1v) is 8.28. The van der Waals surface area contributed by atoms with E-state index in [4.69, 9.17) is 0 Å². The predicted molar refractivity (Wildman–Crippen MR) is 94.3 cm³/mol. The normalized spacial score (nSPS) is 10.2. The van der Waals surface area contributed by atoms with Gasteiger partial charge in [-0.2, -0.15) is 0 Å². The minimum atomic E-state index is -0.00109. The summed E-state index contributed by atoms with van der Waals surface area (Å²) < 4.78 is 1.04. The maximum absolute atomic E-state index is 12.0. The van der Waals surface area contributed by atoms with E-state index in [2.05, 4.69) is 21.2 Å². The Hall–Kier alpha value is -1.46. The molecule has 21 heavy (non-hydrogen) atoms. The number of benzene rings is 2. The minimum absolute atomic E-state index is 0.00109. The molecule has 0 unspecified atom stereocenters. The van der Waals surface area contributed by atoms with Crippen molar-refractivity contribution in [1.82, 2.24) is 0 Å². The number of carbonyl (C=O) groups is 1. The summed E-state index contributed by atoms with van der Waals surface area (Å²) in [4.78, 5) is 15.1. The largest absolute Gasteiger partial charge is 0.378 e. The molecule has 0 saturated heterocycles. The third kappa shape index (κ3) is 5.10. The van der Waals surface area contributed by atoms with Crippen LogP contribution in [0.2, 0.25) is 0 Å². The summed E-state index contributed by atoms with van der Waals surface area (Å²) in [6, 6.07) is 15.7. The molecule has 0 heterocycles. The highest BCUT2D eigenvalue weighted by Crippen LogP contribution is 2.21. The molecule has 0 aromatic heterocycles. The molecule has 0 aliphatic heterocycles. The zero-order valence-corrected chi connectivity index (χ0v) is 14.4. The molecule has 2 aromatic carbocycles. The van der Waals surface area contributed by atoms with Gasteiger partial charge < -0.3 is 10.2 Å². The average molecular weight is 365 g/mol. The lowest BCUT2D eigenvalue weighted by Gasteiger charge is -2.14. The molecule has 110 valence electrons. The quantitative estimate of drug-likeness (QED) is 0.805. The summed E-state index contributed by atoms with van der Waals surface area (Å²) >= 11 is 4.92. The molecular weight excluding hydrogens is 348 g/mol. The Bertz CT molecular complexity index is 614. The standard InChI is InChI=1S/C16H17BrN2OS/c1-19(2)14-5-3-4-13(10-14)18-16(20)11-21-15-8-6-12(17)7-9-15/h3-10H,11H2,1-2H3,(H,18,20). The first kappa shape index (κ1) is 15.9. The number of hydrogen-bond donors (Lipinski definition) is 1.